The number of sulfonamides is 1. The largest absolute Gasteiger partial charge is 0.475 e. The van der Waals surface area contributed by atoms with Gasteiger partial charge in [0.2, 0.25) is 5.82 Å². The van der Waals surface area contributed by atoms with Crippen molar-refractivity contribution in [3.8, 4) is 5.88 Å². The lowest BCUT2D eigenvalue weighted by atomic mass is 10.2. The summed E-state index contributed by atoms with van der Waals surface area (Å²) in [7, 11) is -3.78. The molecule has 1 N–H and O–H groups in total. The normalized spacial score (nSPS) is 11.4. The van der Waals surface area contributed by atoms with Gasteiger partial charge >= 0.3 is 0 Å². The van der Waals surface area contributed by atoms with Crippen LogP contribution in [0.2, 0.25) is 0 Å². The maximum atomic E-state index is 12.6. The molecule has 25 heavy (non-hydrogen) atoms. The van der Waals surface area contributed by atoms with Crippen LogP contribution in [0.25, 0.3) is 11.0 Å². The first-order valence-electron chi connectivity index (χ1n) is 7.98. The second-order valence-electron chi connectivity index (χ2n) is 5.63. The quantitative estimate of drug-likeness (QED) is 0.730. The first kappa shape index (κ1) is 17.2. The van der Waals surface area contributed by atoms with Crippen molar-refractivity contribution >= 4 is 26.9 Å². The Morgan fingerprint density at radius 1 is 1.00 bits per heavy atom. The van der Waals surface area contributed by atoms with Crippen LogP contribution >= 0.6 is 0 Å². The highest BCUT2D eigenvalue weighted by Crippen LogP contribution is 2.26. The van der Waals surface area contributed by atoms with E-state index in [2.05, 4.69) is 14.7 Å². The van der Waals surface area contributed by atoms with Crippen LogP contribution in [0.15, 0.2) is 53.4 Å². The predicted molar refractivity (Wildman–Crippen MR) is 97.3 cm³/mol. The summed E-state index contributed by atoms with van der Waals surface area (Å²) in [6.45, 7) is 4.28. The number of aryl methyl sites for hydroxylation is 1. The van der Waals surface area contributed by atoms with E-state index in [0.29, 0.717) is 17.6 Å². The van der Waals surface area contributed by atoms with Crippen molar-refractivity contribution in [1.29, 1.82) is 0 Å². The van der Waals surface area contributed by atoms with Gasteiger partial charge in [-0.1, -0.05) is 36.8 Å². The van der Waals surface area contributed by atoms with Crippen molar-refractivity contribution < 1.29 is 13.2 Å². The molecule has 6 nitrogen and oxygen atoms in total. The summed E-state index contributed by atoms with van der Waals surface area (Å²) >= 11 is 0. The number of para-hydroxylation sites is 2. The van der Waals surface area contributed by atoms with Crippen molar-refractivity contribution in [2.75, 3.05) is 11.3 Å². The molecule has 0 spiro atoms. The van der Waals surface area contributed by atoms with Gasteiger partial charge in [-0.3, -0.25) is 4.72 Å². The highest BCUT2D eigenvalue weighted by Gasteiger charge is 2.19. The molecule has 0 bridgehead atoms. The van der Waals surface area contributed by atoms with E-state index < -0.39 is 10.0 Å². The molecule has 0 fully saturated rings. The number of anilines is 1. The molecule has 0 aliphatic carbocycles. The van der Waals surface area contributed by atoms with Crippen LogP contribution in [0.5, 0.6) is 5.88 Å². The molecule has 0 amide bonds. The molecule has 0 unspecified atom stereocenters. The van der Waals surface area contributed by atoms with Crippen LogP contribution in [0.4, 0.5) is 5.82 Å². The molecule has 130 valence electrons. The van der Waals surface area contributed by atoms with Gasteiger partial charge < -0.3 is 4.74 Å². The van der Waals surface area contributed by atoms with E-state index in [4.69, 9.17) is 4.74 Å². The molecule has 0 aliphatic rings. The lowest BCUT2D eigenvalue weighted by molar-refractivity contribution is 0.307. The molecule has 1 heterocycles. The van der Waals surface area contributed by atoms with E-state index in [1.54, 1.807) is 36.4 Å². The zero-order valence-corrected chi connectivity index (χ0v) is 14.9. The van der Waals surface area contributed by atoms with E-state index >= 15 is 0 Å². The second kappa shape index (κ2) is 7.06. The van der Waals surface area contributed by atoms with Crippen molar-refractivity contribution in [3.05, 3.63) is 54.1 Å². The number of benzene rings is 2. The minimum Gasteiger partial charge on any atom is -0.475 e. The van der Waals surface area contributed by atoms with Gasteiger partial charge in [0.05, 0.1) is 22.5 Å². The van der Waals surface area contributed by atoms with Crippen molar-refractivity contribution in [1.82, 2.24) is 9.97 Å². The highest BCUT2D eigenvalue weighted by molar-refractivity contribution is 7.92. The topological polar surface area (TPSA) is 81.2 Å². The van der Waals surface area contributed by atoms with Crippen LogP contribution in [0.1, 0.15) is 18.9 Å². The molecule has 0 atom stereocenters. The van der Waals surface area contributed by atoms with Gasteiger partial charge in [-0.15, -0.1) is 0 Å². The molecule has 2 aromatic carbocycles. The summed E-state index contributed by atoms with van der Waals surface area (Å²) in [6.07, 6.45) is 0.776. The summed E-state index contributed by atoms with van der Waals surface area (Å²) < 4.78 is 33.4. The summed E-state index contributed by atoms with van der Waals surface area (Å²) in [4.78, 5) is 8.93. The first-order valence-corrected chi connectivity index (χ1v) is 9.47. The Bertz CT molecular complexity index is 986. The van der Waals surface area contributed by atoms with Gasteiger partial charge in [0, 0.05) is 0 Å². The molecule has 0 aliphatic heterocycles. The Kier molecular flexibility index (Phi) is 4.85. The Morgan fingerprint density at radius 2 is 1.64 bits per heavy atom. The van der Waals surface area contributed by atoms with Crippen molar-refractivity contribution in [3.63, 3.8) is 0 Å². The monoisotopic (exact) mass is 357 g/mol. The van der Waals surface area contributed by atoms with Gasteiger partial charge in [0.25, 0.3) is 15.9 Å². The van der Waals surface area contributed by atoms with E-state index in [1.165, 1.54) is 0 Å². The molecule has 0 saturated heterocycles. The molecular formula is C18H19N3O3S. The number of fused-ring (bicyclic) bond motifs is 1. The Balaban J connectivity index is 2.02. The van der Waals surface area contributed by atoms with E-state index in [1.807, 2.05) is 26.0 Å². The van der Waals surface area contributed by atoms with Gasteiger partial charge in [-0.05, 0) is 37.6 Å². The third kappa shape index (κ3) is 3.88. The number of nitrogens with one attached hydrogen (secondary N) is 1. The molecule has 3 rings (SSSR count). The molecular weight excluding hydrogens is 338 g/mol. The van der Waals surface area contributed by atoms with Gasteiger partial charge in [0.1, 0.15) is 0 Å². The van der Waals surface area contributed by atoms with Crippen LogP contribution in [-0.2, 0) is 10.0 Å². The molecule has 3 aromatic rings. The second-order valence-corrected chi connectivity index (χ2v) is 7.32. The van der Waals surface area contributed by atoms with Crippen LogP contribution in [-0.4, -0.2) is 25.0 Å². The fourth-order valence-corrected chi connectivity index (χ4v) is 3.25. The molecule has 0 radical (unpaired) electrons. The first-order chi connectivity index (χ1) is 12.0. The number of hydrogen-bond acceptors (Lipinski definition) is 5. The third-order valence-electron chi connectivity index (χ3n) is 3.54. The number of aromatic nitrogens is 2. The predicted octanol–water partition coefficient (Wildman–Crippen LogP) is 3.53. The van der Waals surface area contributed by atoms with E-state index in [9.17, 15) is 8.42 Å². The minimum absolute atomic E-state index is 0.0905. The highest BCUT2D eigenvalue weighted by atomic mass is 32.2. The average molecular weight is 357 g/mol. The zero-order valence-electron chi connectivity index (χ0n) is 14.1. The van der Waals surface area contributed by atoms with Gasteiger partial charge in [0.15, 0.2) is 0 Å². The maximum absolute atomic E-state index is 12.6. The van der Waals surface area contributed by atoms with Crippen molar-refractivity contribution in [2.45, 2.75) is 25.2 Å². The number of ether oxygens (including phenoxy) is 1. The fourth-order valence-electron chi connectivity index (χ4n) is 2.25. The molecule has 0 saturated carbocycles. The molecule has 1 aromatic heterocycles. The van der Waals surface area contributed by atoms with Crippen LogP contribution < -0.4 is 9.46 Å². The SMILES string of the molecule is CCCOc1nc2ccccc2nc1NS(=O)(=O)c1ccc(C)cc1. The lowest BCUT2D eigenvalue weighted by Gasteiger charge is -2.13. The van der Waals surface area contributed by atoms with Crippen molar-refractivity contribution in [2.24, 2.45) is 0 Å². The van der Waals surface area contributed by atoms with Gasteiger partial charge in [-0.25, -0.2) is 18.4 Å². The fraction of sp³-hybridized carbons (Fsp3) is 0.222. The number of hydrogen-bond donors (Lipinski definition) is 1. The zero-order chi connectivity index (χ0) is 17.9. The number of nitrogens with zero attached hydrogens (tertiary/aromatic N) is 2. The lowest BCUT2D eigenvalue weighted by Crippen LogP contribution is -2.16. The smallest absolute Gasteiger partial charge is 0.263 e. The van der Waals surface area contributed by atoms with E-state index in [-0.39, 0.29) is 16.6 Å². The van der Waals surface area contributed by atoms with Crippen LogP contribution in [0, 0.1) is 6.92 Å². The maximum Gasteiger partial charge on any atom is 0.263 e. The molecule has 7 heteroatoms. The van der Waals surface area contributed by atoms with E-state index in [0.717, 1.165) is 12.0 Å². The number of rotatable bonds is 6. The minimum atomic E-state index is -3.78. The summed E-state index contributed by atoms with van der Waals surface area (Å²) in [6, 6.07) is 13.8. The van der Waals surface area contributed by atoms with Gasteiger partial charge in [-0.2, -0.15) is 0 Å². The summed E-state index contributed by atoms with van der Waals surface area (Å²) in [5.41, 5.74) is 2.22. The standard InChI is InChI=1S/C18H19N3O3S/c1-3-12-24-18-17(19-15-6-4-5-7-16(15)20-18)21-25(22,23)14-10-8-13(2)9-11-14/h4-11H,3,12H2,1-2H3,(H,19,21). The summed E-state index contributed by atoms with van der Waals surface area (Å²) in [5, 5.41) is 0. The Hall–Kier alpha value is -2.67. The Labute approximate surface area is 146 Å². The van der Waals surface area contributed by atoms with Crippen LogP contribution in [0.3, 0.4) is 0 Å². The third-order valence-corrected chi connectivity index (χ3v) is 4.90. The average Bonchev–Trinajstić information content (AvgIpc) is 2.60. The summed E-state index contributed by atoms with van der Waals surface area (Å²) in [5.74, 6) is 0.268. The Morgan fingerprint density at radius 3 is 2.28 bits per heavy atom.